The molecule has 2 fully saturated rings. The van der Waals surface area contributed by atoms with Crippen molar-refractivity contribution in [2.24, 2.45) is 17.8 Å². The van der Waals surface area contributed by atoms with E-state index in [1.807, 2.05) is 0 Å². The number of carbonyl (C=O) groups excluding carboxylic acids is 5. The number of nitrogens with zero attached hydrogens (tertiary/aromatic N) is 2. The van der Waals surface area contributed by atoms with Crippen molar-refractivity contribution >= 4 is 35.8 Å². The van der Waals surface area contributed by atoms with Crippen molar-refractivity contribution in [1.82, 2.24) is 15.2 Å². The molecule has 0 spiro atoms. The zero-order valence-corrected chi connectivity index (χ0v) is 24.2. The lowest BCUT2D eigenvalue weighted by atomic mass is 9.81. The van der Waals surface area contributed by atoms with E-state index in [0.717, 1.165) is 26.2 Å². The zero-order valence-electron chi connectivity index (χ0n) is 24.2. The first-order chi connectivity index (χ1) is 19.8. The number of rotatable bonds is 11. The van der Waals surface area contributed by atoms with Gasteiger partial charge in [0.15, 0.2) is 6.04 Å². The molecule has 1 aromatic rings. The Kier molecular flexibility index (Phi) is 11.2. The molecule has 0 radical (unpaired) electrons. The Bertz CT molecular complexity index is 1150. The lowest BCUT2D eigenvalue weighted by Crippen LogP contribution is -2.70. The number of aromatic nitrogens is 1. The number of halogens is 2. The number of carbonyl (C=O) groups is 5. The van der Waals surface area contributed by atoms with Gasteiger partial charge >= 0.3 is 24.1 Å². The van der Waals surface area contributed by atoms with Gasteiger partial charge in [0, 0.05) is 13.1 Å². The van der Waals surface area contributed by atoms with Crippen molar-refractivity contribution in [2.75, 3.05) is 18.7 Å². The van der Waals surface area contributed by atoms with Crippen LogP contribution in [0, 0.1) is 17.8 Å². The molecule has 14 heteroatoms. The van der Waals surface area contributed by atoms with Crippen molar-refractivity contribution in [2.45, 2.75) is 84.2 Å². The Labute approximate surface area is 242 Å². The molecular formula is C28H38F2N4O8. The number of imide groups is 1. The van der Waals surface area contributed by atoms with E-state index in [1.165, 1.54) is 12.3 Å². The first-order valence-electron chi connectivity index (χ1n) is 14.1. The van der Waals surface area contributed by atoms with Crippen LogP contribution >= 0.6 is 0 Å². The molecule has 0 aromatic carbocycles. The van der Waals surface area contributed by atoms with Crippen LogP contribution in [0.5, 0.6) is 0 Å². The number of nitrogens with one attached hydrogen (secondary N) is 2. The minimum Gasteiger partial charge on any atom is -0.464 e. The van der Waals surface area contributed by atoms with Gasteiger partial charge in [-0.15, -0.1) is 0 Å². The van der Waals surface area contributed by atoms with E-state index in [2.05, 4.69) is 15.6 Å². The number of pyridine rings is 1. The molecule has 1 aliphatic carbocycles. The van der Waals surface area contributed by atoms with Gasteiger partial charge in [0.1, 0.15) is 5.82 Å². The number of urea groups is 1. The number of hydrogen-bond acceptors (Lipinski definition) is 9. The molecule has 232 valence electrons. The fourth-order valence-electron chi connectivity index (χ4n) is 5.17. The van der Waals surface area contributed by atoms with Crippen LogP contribution in [-0.4, -0.2) is 71.3 Å². The predicted octanol–water partition coefficient (Wildman–Crippen LogP) is 4.03. The van der Waals surface area contributed by atoms with Gasteiger partial charge in [-0.3, -0.25) is 14.9 Å². The molecule has 1 saturated heterocycles. The highest BCUT2D eigenvalue weighted by atomic mass is 19.3. The summed E-state index contributed by atoms with van der Waals surface area (Å²) in [6, 6.07) is -0.876. The average molecular weight is 597 g/mol. The summed E-state index contributed by atoms with van der Waals surface area (Å²) >= 11 is 0. The fraction of sp³-hybridized carbons (Fsp3) is 0.643. The summed E-state index contributed by atoms with van der Waals surface area (Å²) in [5.74, 6) is -7.12. The van der Waals surface area contributed by atoms with E-state index >= 15 is 0 Å². The SMILES string of the molecule is CCOC(=O)[C@@H]1[C@@H](Cc2ccnc(NC(=O)OCOC(=O)C(C)C)c2)C(=O)N1C(=O)N[C@@H](C1CCCCC1)C(C)(F)F. The van der Waals surface area contributed by atoms with Crippen LogP contribution < -0.4 is 10.6 Å². The summed E-state index contributed by atoms with van der Waals surface area (Å²) in [6.45, 7) is 4.95. The molecule has 12 nitrogen and oxygen atoms in total. The van der Waals surface area contributed by atoms with Gasteiger partial charge in [-0.2, -0.15) is 0 Å². The highest BCUT2D eigenvalue weighted by Gasteiger charge is 2.56. The van der Waals surface area contributed by atoms with Crippen molar-refractivity contribution in [1.29, 1.82) is 0 Å². The van der Waals surface area contributed by atoms with Gasteiger partial charge in [0.25, 0.3) is 5.92 Å². The van der Waals surface area contributed by atoms with Crippen LogP contribution in [0.3, 0.4) is 0 Å². The average Bonchev–Trinajstić information content (AvgIpc) is 2.93. The molecule has 1 aliphatic heterocycles. The Balaban J connectivity index is 1.68. The van der Waals surface area contributed by atoms with Crippen LogP contribution in [0.4, 0.5) is 24.2 Å². The molecule has 2 heterocycles. The number of ether oxygens (including phenoxy) is 3. The number of β-lactam (4-membered cyclic amide) rings is 1. The first kappa shape index (κ1) is 32.7. The summed E-state index contributed by atoms with van der Waals surface area (Å²) in [5.41, 5.74) is 0.486. The molecule has 42 heavy (non-hydrogen) atoms. The summed E-state index contributed by atoms with van der Waals surface area (Å²) < 4.78 is 43.8. The normalized spacial score (nSPS) is 19.9. The maximum absolute atomic E-state index is 14.5. The molecule has 2 aliphatic rings. The minimum atomic E-state index is -3.23. The second-order valence-corrected chi connectivity index (χ2v) is 10.8. The standard InChI is InChI=1S/C28H38F2N4O8/c1-5-40-25(37)21-19(13-17-11-12-31-20(14-17)32-27(39)42-15-41-24(36)16(2)3)23(35)34(21)26(38)33-22(28(4,29)30)18-9-7-6-8-10-18/h11-12,14,16,18-19,21-22H,5-10,13,15H2,1-4H3,(H,33,38)(H,31,32,39)/t19-,21+,22+/m1/s1. The highest BCUT2D eigenvalue weighted by Crippen LogP contribution is 2.36. The quantitative estimate of drug-likeness (QED) is 0.219. The molecule has 1 aromatic heterocycles. The third-order valence-corrected chi connectivity index (χ3v) is 7.28. The summed E-state index contributed by atoms with van der Waals surface area (Å²) in [4.78, 5) is 67.3. The molecule has 4 amide bonds. The number of hydrogen-bond donors (Lipinski definition) is 2. The number of amides is 4. The van der Waals surface area contributed by atoms with Crippen molar-refractivity contribution in [3.63, 3.8) is 0 Å². The second-order valence-electron chi connectivity index (χ2n) is 10.8. The van der Waals surface area contributed by atoms with Crippen LogP contribution in [-0.2, 0) is 35.0 Å². The summed E-state index contributed by atoms with van der Waals surface area (Å²) in [6.07, 6.45) is 3.93. The van der Waals surface area contributed by atoms with Crippen LogP contribution in [0.25, 0.3) is 0 Å². The summed E-state index contributed by atoms with van der Waals surface area (Å²) in [5, 5.41) is 4.70. The first-order valence-corrected chi connectivity index (χ1v) is 14.1. The second kappa shape index (κ2) is 14.4. The lowest BCUT2D eigenvalue weighted by Gasteiger charge is -2.45. The third-order valence-electron chi connectivity index (χ3n) is 7.28. The van der Waals surface area contributed by atoms with Crippen molar-refractivity contribution < 1.29 is 47.0 Å². The van der Waals surface area contributed by atoms with Crippen LogP contribution in [0.15, 0.2) is 18.3 Å². The maximum atomic E-state index is 14.5. The molecule has 2 N–H and O–H groups in total. The van der Waals surface area contributed by atoms with Crippen LogP contribution in [0.2, 0.25) is 0 Å². The molecule has 0 unspecified atom stereocenters. The van der Waals surface area contributed by atoms with Gasteiger partial charge in [0.2, 0.25) is 12.7 Å². The molecule has 3 atom stereocenters. The Morgan fingerprint density at radius 3 is 2.43 bits per heavy atom. The van der Waals surface area contributed by atoms with E-state index in [9.17, 15) is 32.8 Å². The Morgan fingerprint density at radius 1 is 1.12 bits per heavy atom. The predicted molar refractivity (Wildman–Crippen MR) is 144 cm³/mol. The topological polar surface area (TPSA) is 153 Å². The van der Waals surface area contributed by atoms with E-state index in [4.69, 9.17) is 14.2 Å². The third kappa shape index (κ3) is 8.35. The van der Waals surface area contributed by atoms with Crippen molar-refractivity contribution in [3.05, 3.63) is 23.9 Å². The van der Waals surface area contributed by atoms with E-state index in [1.54, 1.807) is 26.8 Å². The Hall–Kier alpha value is -3.84. The van der Waals surface area contributed by atoms with Crippen LogP contribution in [0.1, 0.15) is 65.4 Å². The molecule has 1 saturated carbocycles. The highest BCUT2D eigenvalue weighted by molar-refractivity contribution is 6.08. The van der Waals surface area contributed by atoms with Gasteiger partial charge in [-0.1, -0.05) is 33.1 Å². The lowest BCUT2D eigenvalue weighted by molar-refractivity contribution is -0.169. The number of alkyl halides is 2. The summed E-state index contributed by atoms with van der Waals surface area (Å²) in [7, 11) is 0. The monoisotopic (exact) mass is 596 g/mol. The minimum absolute atomic E-state index is 0.0126. The van der Waals surface area contributed by atoms with Gasteiger partial charge in [-0.25, -0.2) is 33.0 Å². The Morgan fingerprint density at radius 2 is 1.81 bits per heavy atom. The van der Waals surface area contributed by atoms with E-state index in [0.29, 0.717) is 23.3 Å². The number of esters is 2. The van der Waals surface area contributed by atoms with E-state index < -0.39 is 72.5 Å². The van der Waals surface area contributed by atoms with E-state index in [-0.39, 0.29) is 18.8 Å². The number of likely N-dealkylation sites (tertiary alicyclic amines) is 1. The number of anilines is 1. The maximum Gasteiger partial charge on any atom is 0.415 e. The zero-order chi connectivity index (χ0) is 31.0. The molecule has 3 rings (SSSR count). The van der Waals surface area contributed by atoms with Gasteiger partial charge in [0.05, 0.1) is 24.5 Å². The smallest absolute Gasteiger partial charge is 0.415 e. The molecule has 0 bridgehead atoms. The van der Waals surface area contributed by atoms with Gasteiger partial charge < -0.3 is 19.5 Å². The fourth-order valence-corrected chi connectivity index (χ4v) is 5.17. The largest absolute Gasteiger partial charge is 0.464 e. The van der Waals surface area contributed by atoms with Crippen molar-refractivity contribution in [3.8, 4) is 0 Å². The molecular weight excluding hydrogens is 558 g/mol. The van der Waals surface area contributed by atoms with Gasteiger partial charge in [-0.05, 0) is 49.8 Å².